The van der Waals surface area contributed by atoms with Gasteiger partial charge in [-0.25, -0.2) is 9.80 Å². The molecular formula is C14H15N3O4. The van der Waals surface area contributed by atoms with Gasteiger partial charge in [0.1, 0.15) is 12.3 Å². The van der Waals surface area contributed by atoms with Gasteiger partial charge in [0.2, 0.25) is 11.8 Å². The van der Waals surface area contributed by atoms with E-state index in [0.29, 0.717) is 5.69 Å². The highest BCUT2D eigenvalue weighted by Gasteiger charge is 2.25. The van der Waals surface area contributed by atoms with Gasteiger partial charge in [-0.15, -0.1) is 0 Å². The standard InChI is InChI=1S/C14H15N3O4/c1-9-2-4-10(5-3-9)15-12(18)8-17-13(19)7-6-11(16-17)14(20)21/h2-5H,6-8H2,1H3,(H,15,18)(H,20,21). The highest BCUT2D eigenvalue weighted by molar-refractivity contribution is 6.36. The van der Waals surface area contributed by atoms with Crippen molar-refractivity contribution < 1.29 is 19.5 Å². The molecule has 0 fully saturated rings. The minimum Gasteiger partial charge on any atom is -0.477 e. The van der Waals surface area contributed by atoms with Crippen molar-refractivity contribution in [2.45, 2.75) is 19.8 Å². The summed E-state index contributed by atoms with van der Waals surface area (Å²) in [5, 5.41) is 16.1. The summed E-state index contributed by atoms with van der Waals surface area (Å²) >= 11 is 0. The van der Waals surface area contributed by atoms with Crippen molar-refractivity contribution in [3.63, 3.8) is 0 Å². The lowest BCUT2D eigenvalue weighted by molar-refractivity contribution is -0.136. The average Bonchev–Trinajstić information content (AvgIpc) is 2.43. The van der Waals surface area contributed by atoms with E-state index in [2.05, 4.69) is 10.4 Å². The number of carbonyl (C=O) groups excluding carboxylic acids is 2. The monoisotopic (exact) mass is 289 g/mol. The Hall–Kier alpha value is -2.70. The van der Waals surface area contributed by atoms with E-state index in [9.17, 15) is 14.4 Å². The molecular weight excluding hydrogens is 274 g/mol. The number of benzene rings is 1. The number of anilines is 1. The summed E-state index contributed by atoms with van der Waals surface area (Å²) in [6, 6.07) is 7.19. The van der Waals surface area contributed by atoms with Gasteiger partial charge in [-0.05, 0) is 19.1 Å². The average molecular weight is 289 g/mol. The van der Waals surface area contributed by atoms with E-state index in [1.54, 1.807) is 12.1 Å². The molecule has 0 spiro atoms. The Balaban J connectivity index is 2.01. The molecule has 7 nitrogen and oxygen atoms in total. The lowest BCUT2D eigenvalue weighted by atomic mass is 10.1. The number of carboxylic acid groups (broad SMARTS) is 1. The smallest absolute Gasteiger partial charge is 0.352 e. The lowest BCUT2D eigenvalue weighted by Crippen LogP contribution is -2.39. The Morgan fingerprint density at radius 1 is 1.29 bits per heavy atom. The molecule has 2 amide bonds. The predicted molar refractivity (Wildman–Crippen MR) is 75.8 cm³/mol. The maximum absolute atomic E-state index is 11.9. The molecule has 0 saturated carbocycles. The zero-order valence-electron chi connectivity index (χ0n) is 11.5. The lowest BCUT2D eigenvalue weighted by Gasteiger charge is -2.21. The van der Waals surface area contributed by atoms with Gasteiger partial charge in [0.25, 0.3) is 0 Å². The van der Waals surface area contributed by atoms with Gasteiger partial charge in [-0.3, -0.25) is 9.59 Å². The van der Waals surface area contributed by atoms with Gasteiger partial charge in [0, 0.05) is 18.5 Å². The molecule has 1 heterocycles. The van der Waals surface area contributed by atoms with Crippen molar-refractivity contribution in [1.29, 1.82) is 0 Å². The Kier molecular flexibility index (Phi) is 4.32. The Morgan fingerprint density at radius 3 is 2.57 bits per heavy atom. The van der Waals surface area contributed by atoms with Crippen LogP contribution in [0.4, 0.5) is 5.69 Å². The molecule has 2 N–H and O–H groups in total. The maximum atomic E-state index is 11.9. The number of hydrazone groups is 1. The number of carbonyl (C=O) groups is 3. The Morgan fingerprint density at radius 2 is 1.95 bits per heavy atom. The summed E-state index contributed by atoms with van der Waals surface area (Å²) in [4.78, 5) is 34.4. The second-order valence-corrected chi connectivity index (χ2v) is 4.72. The van der Waals surface area contributed by atoms with E-state index in [1.807, 2.05) is 19.1 Å². The highest BCUT2D eigenvalue weighted by atomic mass is 16.4. The number of aliphatic carboxylic acids is 1. The summed E-state index contributed by atoms with van der Waals surface area (Å²) in [6.45, 7) is 1.63. The summed E-state index contributed by atoms with van der Waals surface area (Å²) in [6.07, 6.45) is 0.132. The van der Waals surface area contributed by atoms with Gasteiger partial charge >= 0.3 is 5.97 Å². The van der Waals surface area contributed by atoms with Crippen LogP contribution in [0.15, 0.2) is 29.4 Å². The van der Waals surface area contributed by atoms with Crippen LogP contribution in [0.1, 0.15) is 18.4 Å². The van der Waals surface area contributed by atoms with Crippen LogP contribution in [0.2, 0.25) is 0 Å². The first-order chi connectivity index (χ1) is 9.95. The number of rotatable bonds is 4. The van der Waals surface area contributed by atoms with E-state index in [-0.39, 0.29) is 31.0 Å². The van der Waals surface area contributed by atoms with Gasteiger partial charge in [-0.2, -0.15) is 5.10 Å². The Labute approximate surface area is 121 Å². The van der Waals surface area contributed by atoms with Gasteiger partial charge in [-0.1, -0.05) is 17.7 Å². The molecule has 0 radical (unpaired) electrons. The van der Waals surface area contributed by atoms with E-state index in [4.69, 9.17) is 5.11 Å². The quantitative estimate of drug-likeness (QED) is 0.863. The van der Waals surface area contributed by atoms with Crippen LogP contribution >= 0.6 is 0 Å². The summed E-state index contributed by atoms with van der Waals surface area (Å²) in [5.41, 5.74) is 1.56. The molecule has 1 aromatic carbocycles. The molecule has 0 bridgehead atoms. The Bertz CT molecular complexity index is 607. The van der Waals surface area contributed by atoms with E-state index >= 15 is 0 Å². The number of hydrogen-bond donors (Lipinski definition) is 2. The number of hydrogen-bond acceptors (Lipinski definition) is 4. The first-order valence-electron chi connectivity index (χ1n) is 6.43. The third-order valence-electron chi connectivity index (χ3n) is 2.98. The van der Waals surface area contributed by atoms with Crippen molar-refractivity contribution >= 4 is 29.2 Å². The van der Waals surface area contributed by atoms with Crippen LogP contribution < -0.4 is 5.32 Å². The molecule has 1 aliphatic heterocycles. The number of carboxylic acids is 1. The normalized spacial score (nSPS) is 14.6. The summed E-state index contributed by atoms with van der Waals surface area (Å²) < 4.78 is 0. The zero-order valence-corrected chi connectivity index (χ0v) is 11.5. The first-order valence-corrected chi connectivity index (χ1v) is 6.43. The topological polar surface area (TPSA) is 99.1 Å². The third-order valence-corrected chi connectivity index (χ3v) is 2.98. The molecule has 0 atom stereocenters. The number of amides is 2. The molecule has 110 valence electrons. The van der Waals surface area contributed by atoms with Crippen LogP contribution in [-0.4, -0.2) is 40.2 Å². The van der Waals surface area contributed by atoms with Crippen LogP contribution in [-0.2, 0) is 14.4 Å². The zero-order chi connectivity index (χ0) is 15.4. The van der Waals surface area contributed by atoms with Crippen LogP contribution in [0.25, 0.3) is 0 Å². The fraction of sp³-hybridized carbons (Fsp3) is 0.286. The van der Waals surface area contributed by atoms with Crippen molar-refractivity contribution in [2.24, 2.45) is 5.10 Å². The van der Waals surface area contributed by atoms with E-state index < -0.39 is 11.9 Å². The third kappa shape index (κ3) is 3.88. The first kappa shape index (κ1) is 14.7. The van der Waals surface area contributed by atoms with Crippen molar-refractivity contribution in [3.05, 3.63) is 29.8 Å². The molecule has 1 aliphatic rings. The maximum Gasteiger partial charge on any atom is 0.352 e. The highest BCUT2D eigenvalue weighted by Crippen LogP contribution is 2.11. The van der Waals surface area contributed by atoms with Crippen LogP contribution in [0.3, 0.4) is 0 Å². The fourth-order valence-corrected chi connectivity index (χ4v) is 1.85. The summed E-state index contributed by atoms with van der Waals surface area (Å²) in [5.74, 6) is -1.96. The molecule has 0 saturated heterocycles. The summed E-state index contributed by atoms with van der Waals surface area (Å²) in [7, 11) is 0. The van der Waals surface area contributed by atoms with Gasteiger partial charge in [0.05, 0.1) is 0 Å². The second kappa shape index (κ2) is 6.17. The minimum absolute atomic E-state index is 0.0446. The van der Waals surface area contributed by atoms with Crippen LogP contribution in [0, 0.1) is 6.92 Å². The molecule has 0 unspecified atom stereocenters. The number of nitrogens with zero attached hydrogens (tertiary/aromatic N) is 2. The second-order valence-electron chi connectivity index (χ2n) is 4.72. The van der Waals surface area contributed by atoms with Crippen molar-refractivity contribution in [3.8, 4) is 0 Å². The number of nitrogens with one attached hydrogen (secondary N) is 1. The van der Waals surface area contributed by atoms with Crippen molar-refractivity contribution in [1.82, 2.24) is 5.01 Å². The largest absolute Gasteiger partial charge is 0.477 e. The van der Waals surface area contributed by atoms with Crippen molar-refractivity contribution in [2.75, 3.05) is 11.9 Å². The molecule has 0 aromatic heterocycles. The van der Waals surface area contributed by atoms with Crippen LogP contribution in [0.5, 0.6) is 0 Å². The molecule has 1 aromatic rings. The van der Waals surface area contributed by atoms with Gasteiger partial charge in [0.15, 0.2) is 0 Å². The minimum atomic E-state index is -1.17. The SMILES string of the molecule is Cc1ccc(NC(=O)CN2N=C(C(=O)O)CCC2=O)cc1. The number of aryl methyl sites for hydroxylation is 1. The van der Waals surface area contributed by atoms with E-state index in [1.165, 1.54) is 0 Å². The molecule has 21 heavy (non-hydrogen) atoms. The van der Waals surface area contributed by atoms with E-state index in [0.717, 1.165) is 10.6 Å². The van der Waals surface area contributed by atoms with Gasteiger partial charge < -0.3 is 10.4 Å². The molecule has 0 aliphatic carbocycles. The molecule has 2 rings (SSSR count). The fourth-order valence-electron chi connectivity index (χ4n) is 1.85. The molecule has 7 heteroatoms. The predicted octanol–water partition coefficient (Wildman–Crippen LogP) is 0.997.